The van der Waals surface area contributed by atoms with E-state index in [1.165, 1.54) is 0 Å². The molecule has 29 heavy (non-hydrogen) atoms. The van der Waals surface area contributed by atoms with E-state index in [1.54, 1.807) is 43.3 Å². The Hall–Kier alpha value is -3.86. The molecule has 0 radical (unpaired) electrons. The Kier molecular flexibility index (Phi) is 4.64. The number of rotatable bonds is 3. The van der Waals surface area contributed by atoms with Gasteiger partial charge < -0.3 is 14.8 Å². The van der Waals surface area contributed by atoms with Crippen LogP contribution < -0.4 is 10.7 Å². The Morgan fingerprint density at radius 2 is 1.72 bits per heavy atom. The van der Waals surface area contributed by atoms with Crippen LogP contribution in [-0.2, 0) is 0 Å². The van der Waals surface area contributed by atoms with Crippen LogP contribution in [0.1, 0.15) is 21.5 Å². The maximum atomic E-state index is 12.9. The van der Waals surface area contributed by atoms with Crippen molar-refractivity contribution in [2.45, 2.75) is 13.8 Å². The largest absolute Gasteiger partial charge is 0.506 e. The van der Waals surface area contributed by atoms with Crippen LogP contribution in [0.3, 0.4) is 0 Å². The quantitative estimate of drug-likeness (QED) is 0.485. The molecule has 0 aliphatic carbocycles. The van der Waals surface area contributed by atoms with Crippen LogP contribution in [0.15, 0.2) is 75.9 Å². The minimum Gasteiger partial charge on any atom is -0.506 e. The predicted octanol–water partition coefficient (Wildman–Crippen LogP) is 5.03. The number of aromatic hydroxyl groups is 1. The van der Waals surface area contributed by atoms with E-state index in [9.17, 15) is 14.7 Å². The fourth-order valence-corrected chi connectivity index (χ4v) is 3.29. The number of para-hydroxylation sites is 1. The molecule has 4 rings (SSSR count). The maximum absolute atomic E-state index is 12.9. The van der Waals surface area contributed by atoms with E-state index in [4.69, 9.17) is 4.42 Å². The normalized spacial score (nSPS) is 10.8. The third-order valence-electron chi connectivity index (χ3n) is 4.83. The molecule has 0 aliphatic rings. The minimum absolute atomic E-state index is 0.0270. The minimum atomic E-state index is -0.472. The number of nitrogens with one attached hydrogen (secondary N) is 1. The van der Waals surface area contributed by atoms with Crippen LogP contribution >= 0.6 is 0 Å². The van der Waals surface area contributed by atoms with Gasteiger partial charge in [0.15, 0.2) is 11.0 Å². The number of hydrogen-bond acceptors (Lipinski definition) is 4. The van der Waals surface area contributed by atoms with E-state index in [-0.39, 0.29) is 28.0 Å². The van der Waals surface area contributed by atoms with Gasteiger partial charge in [-0.05, 0) is 43.7 Å². The van der Waals surface area contributed by atoms with Crippen molar-refractivity contribution in [2.24, 2.45) is 0 Å². The predicted molar refractivity (Wildman–Crippen MR) is 113 cm³/mol. The topological polar surface area (TPSA) is 79.5 Å². The van der Waals surface area contributed by atoms with Crippen molar-refractivity contribution in [1.29, 1.82) is 0 Å². The zero-order valence-corrected chi connectivity index (χ0v) is 16.0. The van der Waals surface area contributed by atoms with Crippen LogP contribution in [0, 0.1) is 13.8 Å². The molecular weight excluding hydrogens is 366 g/mol. The molecule has 4 aromatic rings. The number of aryl methyl sites for hydroxylation is 1. The second-order valence-corrected chi connectivity index (χ2v) is 6.91. The number of phenols is 1. The second-order valence-electron chi connectivity index (χ2n) is 6.91. The molecule has 2 N–H and O–H groups in total. The summed E-state index contributed by atoms with van der Waals surface area (Å²) in [7, 11) is 0. The van der Waals surface area contributed by atoms with E-state index >= 15 is 0 Å². The molecule has 5 heteroatoms. The van der Waals surface area contributed by atoms with Gasteiger partial charge in [0, 0.05) is 11.1 Å². The fourth-order valence-electron chi connectivity index (χ4n) is 3.29. The number of fused-ring (bicyclic) bond motifs is 1. The molecule has 0 unspecified atom stereocenters. The van der Waals surface area contributed by atoms with Crippen molar-refractivity contribution in [1.82, 2.24) is 0 Å². The summed E-state index contributed by atoms with van der Waals surface area (Å²) in [5.74, 6) is -0.0665. The zero-order valence-electron chi connectivity index (χ0n) is 16.0. The Labute approximate surface area is 167 Å². The third-order valence-corrected chi connectivity index (χ3v) is 4.83. The molecule has 0 bridgehead atoms. The maximum Gasteiger partial charge on any atom is 0.259 e. The van der Waals surface area contributed by atoms with E-state index in [0.29, 0.717) is 16.7 Å². The Bertz CT molecular complexity index is 1290. The Balaban J connectivity index is 1.86. The SMILES string of the molecule is Cc1ccc(NC(=O)c2cccc3c(=O)c(C)c(-c4ccccc4)oc23)c(O)c1. The number of amides is 1. The average Bonchev–Trinajstić information content (AvgIpc) is 2.73. The van der Waals surface area contributed by atoms with Crippen LogP contribution in [0.25, 0.3) is 22.3 Å². The standard InChI is InChI=1S/C24H19NO4/c1-14-11-12-19(20(26)13-14)25-24(28)18-10-6-9-17-21(27)15(2)22(29-23(17)18)16-7-4-3-5-8-16/h3-13,26H,1-2H3,(H,25,28). The van der Waals surface area contributed by atoms with Gasteiger partial charge >= 0.3 is 0 Å². The molecule has 0 saturated carbocycles. The van der Waals surface area contributed by atoms with Gasteiger partial charge in [-0.3, -0.25) is 9.59 Å². The van der Waals surface area contributed by atoms with Crippen LogP contribution in [0.4, 0.5) is 5.69 Å². The van der Waals surface area contributed by atoms with E-state index in [0.717, 1.165) is 11.1 Å². The van der Waals surface area contributed by atoms with Gasteiger partial charge in [-0.15, -0.1) is 0 Å². The van der Waals surface area contributed by atoms with Crippen molar-refractivity contribution in [3.05, 3.63) is 93.6 Å². The summed E-state index contributed by atoms with van der Waals surface area (Å²) < 4.78 is 6.08. The number of benzene rings is 3. The van der Waals surface area contributed by atoms with Crippen molar-refractivity contribution >= 4 is 22.6 Å². The van der Waals surface area contributed by atoms with Crippen molar-refractivity contribution in [3.63, 3.8) is 0 Å². The molecule has 1 aromatic heterocycles. The highest BCUT2D eigenvalue weighted by atomic mass is 16.3. The molecule has 0 saturated heterocycles. The molecule has 3 aromatic carbocycles. The van der Waals surface area contributed by atoms with Gasteiger partial charge in [0.05, 0.1) is 16.6 Å². The number of phenolic OH excluding ortho intramolecular Hbond substituents is 1. The number of carbonyl (C=O) groups is 1. The zero-order chi connectivity index (χ0) is 20.5. The van der Waals surface area contributed by atoms with Crippen LogP contribution in [-0.4, -0.2) is 11.0 Å². The summed E-state index contributed by atoms with van der Waals surface area (Å²) >= 11 is 0. The summed E-state index contributed by atoms with van der Waals surface area (Å²) in [5.41, 5.74) is 2.66. The first-order valence-electron chi connectivity index (χ1n) is 9.18. The van der Waals surface area contributed by atoms with Crippen molar-refractivity contribution in [3.8, 4) is 17.1 Å². The van der Waals surface area contributed by atoms with Crippen molar-refractivity contribution in [2.75, 3.05) is 5.32 Å². The summed E-state index contributed by atoms with van der Waals surface area (Å²) in [4.78, 5) is 25.8. The lowest BCUT2D eigenvalue weighted by atomic mass is 10.0. The van der Waals surface area contributed by atoms with E-state index < -0.39 is 5.91 Å². The lowest BCUT2D eigenvalue weighted by molar-refractivity contribution is 0.102. The second kappa shape index (κ2) is 7.28. The average molecular weight is 385 g/mol. The summed E-state index contributed by atoms with van der Waals surface area (Å²) in [6.45, 7) is 3.56. The van der Waals surface area contributed by atoms with Gasteiger partial charge in [-0.2, -0.15) is 0 Å². The Morgan fingerprint density at radius 1 is 0.966 bits per heavy atom. The third kappa shape index (κ3) is 3.38. The molecule has 144 valence electrons. The monoisotopic (exact) mass is 385 g/mol. The van der Waals surface area contributed by atoms with Gasteiger partial charge in [-0.25, -0.2) is 0 Å². The molecule has 1 amide bonds. The molecule has 0 atom stereocenters. The first kappa shape index (κ1) is 18.5. The number of hydrogen-bond donors (Lipinski definition) is 2. The molecule has 0 spiro atoms. The van der Waals surface area contributed by atoms with Crippen LogP contribution in [0.5, 0.6) is 5.75 Å². The van der Waals surface area contributed by atoms with Gasteiger partial charge in [0.1, 0.15) is 11.5 Å². The molecular formula is C24H19NO4. The first-order valence-corrected chi connectivity index (χ1v) is 9.18. The van der Waals surface area contributed by atoms with E-state index in [1.807, 2.05) is 37.3 Å². The highest BCUT2D eigenvalue weighted by Gasteiger charge is 2.19. The van der Waals surface area contributed by atoms with E-state index in [2.05, 4.69) is 5.32 Å². The summed E-state index contributed by atoms with van der Waals surface area (Å²) in [6.07, 6.45) is 0. The lowest BCUT2D eigenvalue weighted by Crippen LogP contribution is -2.15. The molecule has 0 fully saturated rings. The highest BCUT2D eigenvalue weighted by molar-refractivity contribution is 6.12. The number of anilines is 1. The highest BCUT2D eigenvalue weighted by Crippen LogP contribution is 2.29. The molecule has 5 nitrogen and oxygen atoms in total. The molecule has 1 heterocycles. The summed E-state index contributed by atoms with van der Waals surface area (Å²) in [6, 6.07) is 19.2. The summed E-state index contributed by atoms with van der Waals surface area (Å²) in [5, 5.41) is 13.1. The smallest absolute Gasteiger partial charge is 0.259 e. The fraction of sp³-hybridized carbons (Fsp3) is 0.0833. The molecule has 0 aliphatic heterocycles. The van der Waals surface area contributed by atoms with Gasteiger partial charge in [0.2, 0.25) is 0 Å². The number of carbonyl (C=O) groups excluding carboxylic acids is 1. The first-order chi connectivity index (χ1) is 14.0. The van der Waals surface area contributed by atoms with Gasteiger partial charge in [0.25, 0.3) is 5.91 Å². The van der Waals surface area contributed by atoms with Crippen molar-refractivity contribution < 1.29 is 14.3 Å². The lowest BCUT2D eigenvalue weighted by Gasteiger charge is -2.11. The van der Waals surface area contributed by atoms with Gasteiger partial charge in [-0.1, -0.05) is 42.5 Å². The van der Waals surface area contributed by atoms with Crippen LogP contribution in [0.2, 0.25) is 0 Å². The Morgan fingerprint density at radius 3 is 2.45 bits per heavy atom.